The average molecular weight is 274 g/mol. The number of nitriles is 1. The summed E-state index contributed by atoms with van der Waals surface area (Å²) < 4.78 is 11.3. The molecule has 1 heterocycles. The van der Waals surface area contributed by atoms with Crippen LogP contribution in [-0.4, -0.2) is 19.3 Å². The van der Waals surface area contributed by atoms with Crippen LogP contribution in [0.4, 0.5) is 0 Å². The molecule has 4 heteroatoms. The number of nitrogens with zero attached hydrogens (tertiary/aromatic N) is 1. The predicted octanol–water partition coefficient (Wildman–Crippen LogP) is 2.80. The average Bonchev–Trinajstić information content (AvgIpc) is 2.81. The lowest BCUT2D eigenvalue weighted by Gasteiger charge is -2.16. The summed E-state index contributed by atoms with van der Waals surface area (Å²) in [5.41, 5.74) is 2.29. The SMILES string of the molecule is CCC(CC#N)NCc1cc2c(cc1OC)CC(C)O2. The molecule has 0 bridgehead atoms. The summed E-state index contributed by atoms with van der Waals surface area (Å²) in [7, 11) is 1.69. The number of nitrogens with one attached hydrogen (secondary N) is 1. The molecule has 20 heavy (non-hydrogen) atoms. The highest BCUT2D eigenvalue weighted by Gasteiger charge is 2.21. The first-order valence-electron chi connectivity index (χ1n) is 7.14. The first-order chi connectivity index (χ1) is 9.67. The van der Waals surface area contributed by atoms with Gasteiger partial charge >= 0.3 is 0 Å². The molecule has 0 aliphatic carbocycles. The van der Waals surface area contributed by atoms with E-state index in [0.29, 0.717) is 13.0 Å². The number of hydrogen-bond donors (Lipinski definition) is 1. The standard InChI is InChI=1S/C16H22N2O2/c1-4-14(5-6-17)18-10-13-9-16-12(7-11(2)20-16)8-15(13)19-3/h8-9,11,14,18H,4-5,7,10H2,1-3H3. The van der Waals surface area contributed by atoms with E-state index in [9.17, 15) is 0 Å². The molecule has 1 N–H and O–H groups in total. The minimum atomic E-state index is 0.220. The minimum Gasteiger partial charge on any atom is -0.496 e. The van der Waals surface area contributed by atoms with E-state index in [1.807, 2.05) is 0 Å². The van der Waals surface area contributed by atoms with Gasteiger partial charge in [0.2, 0.25) is 0 Å². The normalized spacial score (nSPS) is 18.0. The zero-order valence-electron chi connectivity index (χ0n) is 12.4. The number of fused-ring (bicyclic) bond motifs is 1. The molecule has 2 rings (SSSR count). The maximum atomic E-state index is 8.79. The summed E-state index contributed by atoms with van der Waals surface area (Å²) in [6.07, 6.45) is 2.64. The van der Waals surface area contributed by atoms with Gasteiger partial charge < -0.3 is 14.8 Å². The second-order valence-corrected chi connectivity index (χ2v) is 5.25. The topological polar surface area (TPSA) is 54.3 Å². The lowest BCUT2D eigenvalue weighted by atomic mass is 10.1. The fourth-order valence-corrected chi connectivity index (χ4v) is 2.53. The molecule has 1 aliphatic heterocycles. The smallest absolute Gasteiger partial charge is 0.123 e. The van der Waals surface area contributed by atoms with Crippen molar-refractivity contribution in [2.45, 2.75) is 51.8 Å². The summed E-state index contributed by atoms with van der Waals surface area (Å²) in [5.74, 6) is 1.85. The third-order valence-electron chi connectivity index (χ3n) is 3.71. The van der Waals surface area contributed by atoms with Crippen molar-refractivity contribution in [3.05, 3.63) is 23.3 Å². The van der Waals surface area contributed by atoms with Gasteiger partial charge in [-0.25, -0.2) is 0 Å². The predicted molar refractivity (Wildman–Crippen MR) is 77.9 cm³/mol. The summed E-state index contributed by atoms with van der Waals surface area (Å²) in [6, 6.07) is 6.56. The summed E-state index contributed by atoms with van der Waals surface area (Å²) >= 11 is 0. The minimum absolute atomic E-state index is 0.220. The maximum absolute atomic E-state index is 8.79. The molecule has 0 aromatic heterocycles. The van der Waals surface area contributed by atoms with Crippen molar-refractivity contribution in [3.8, 4) is 17.6 Å². The Kier molecular flexibility index (Phi) is 4.86. The van der Waals surface area contributed by atoms with E-state index in [4.69, 9.17) is 14.7 Å². The van der Waals surface area contributed by atoms with Crippen molar-refractivity contribution in [1.29, 1.82) is 5.26 Å². The first-order valence-corrected chi connectivity index (χ1v) is 7.14. The van der Waals surface area contributed by atoms with Gasteiger partial charge in [0.05, 0.1) is 19.6 Å². The molecular formula is C16H22N2O2. The molecule has 108 valence electrons. The first kappa shape index (κ1) is 14.7. The van der Waals surface area contributed by atoms with E-state index in [2.05, 4.69) is 37.4 Å². The highest BCUT2D eigenvalue weighted by molar-refractivity contribution is 5.48. The van der Waals surface area contributed by atoms with Gasteiger partial charge in [-0.2, -0.15) is 5.26 Å². The van der Waals surface area contributed by atoms with Gasteiger partial charge in [0, 0.05) is 30.1 Å². The molecule has 0 saturated carbocycles. The lowest BCUT2D eigenvalue weighted by molar-refractivity contribution is 0.254. The van der Waals surface area contributed by atoms with Crippen LogP contribution in [0, 0.1) is 11.3 Å². The molecule has 4 nitrogen and oxygen atoms in total. The Morgan fingerprint density at radius 1 is 1.55 bits per heavy atom. The highest BCUT2D eigenvalue weighted by atomic mass is 16.5. The van der Waals surface area contributed by atoms with Crippen molar-refractivity contribution in [2.75, 3.05) is 7.11 Å². The number of rotatable bonds is 6. The highest BCUT2D eigenvalue weighted by Crippen LogP contribution is 2.34. The van der Waals surface area contributed by atoms with Crippen molar-refractivity contribution >= 4 is 0 Å². The third-order valence-corrected chi connectivity index (χ3v) is 3.71. The van der Waals surface area contributed by atoms with Gasteiger partial charge in [-0.05, 0) is 25.5 Å². The molecule has 2 atom stereocenters. The lowest BCUT2D eigenvalue weighted by Crippen LogP contribution is -2.27. The number of hydrogen-bond acceptors (Lipinski definition) is 4. The van der Waals surface area contributed by atoms with Gasteiger partial charge in [-0.3, -0.25) is 0 Å². The third kappa shape index (κ3) is 3.23. The van der Waals surface area contributed by atoms with Crippen molar-refractivity contribution in [3.63, 3.8) is 0 Å². The van der Waals surface area contributed by atoms with Gasteiger partial charge in [-0.1, -0.05) is 6.92 Å². The molecule has 0 radical (unpaired) electrons. The van der Waals surface area contributed by atoms with E-state index >= 15 is 0 Å². The fraction of sp³-hybridized carbons (Fsp3) is 0.562. The van der Waals surface area contributed by atoms with E-state index in [0.717, 1.165) is 29.9 Å². The fourth-order valence-electron chi connectivity index (χ4n) is 2.53. The van der Waals surface area contributed by atoms with Crippen LogP contribution in [-0.2, 0) is 13.0 Å². The van der Waals surface area contributed by atoms with Gasteiger partial charge in [0.15, 0.2) is 0 Å². The maximum Gasteiger partial charge on any atom is 0.123 e. The van der Waals surface area contributed by atoms with Crippen LogP contribution in [0.3, 0.4) is 0 Å². The zero-order chi connectivity index (χ0) is 14.5. The Labute approximate surface area is 120 Å². The zero-order valence-corrected chi connectivity index (χ0v) is 12.4. The Bertz CT molecular complexity index is 508. The van der Waals surface area contributed by atoms with Crippen molar-refractivity contribution in [1.82, 2.24) is 5.32 Å². The van der Waals surface area contributed by atoms with Gasteiger partial charge in [0.1, 0.15) is 17.6 Å². The van der Waals surface area contributed by atoms with Gasteiger partial charge in [-0.15, -0.1) is 0 Å². The van der Waals surface area contributed by atoms with Crippen LogP contribution in [0.2, 0.25) is 0 Å². The van der Waals surface area contributed by atoms with Crippen LogP contribution < -0.4 is 14.8 Å². The Hall–Kier alpha value is -1.73. The summed E-state index contributed by atoms with van der Waals surface area (Å²) in [6.45, 7) is 4.85. The van der Waals surface area contributed by atoms with Crippen LogP contribution in [0.5, 0.6) is 11.5 Å². The molecular weight excluding hydrogens is 252 g/mol. The largest absolute Gasteiger partial charge is 0.496 e. The van der Waals surface area contributed by atoms with Crippen molar-refractivity contribution in [2.24, 2.45) is 0 Å². The van der Waals surface area contributed by atoms with E-state index in [1.165, 1.54) is 5.56 Å². The van der Waals surface area contributed by atoms with E-state index in [-0.39, 0.29) is 12.1 Å². The van der Waals surface area contributed by atoms with Crippen molar-refractivity contribution < 1.29 is 9.47 Å². The molecule has 1 aromatic rings. The Balaban J connectivity index is 2.11. The Morgan fingerprint density at radius 3 is 3.00 bits per heavy atom. The van der Waals surface area contributed by atoms with Gasteiger partial charge in [0.25, 0.3) is 0 Å². The van der Waals surface area contributed by atoms with E-state index in [1.54, 1.807) is 7.11 Å². The number of methoxy groups -OCH3 is 1. The molecule has 0 saturated heterocycles. The van der Waals surface area contributed by atoms with E-state index < -0.39 is 0 Å². The second kappa shape index (κ2) is 6.62. The quantitative estimate of drug-likeness (QED) is 0.866. The van der Waals surface area contributed by atoms with Crippen LogP contribution in [0.25, 0.3) is 0 Å². The number of ether oxygens (including phenoxy) is 2. The molecule has 1 aromatic carbocycles. The molecule has 0 amide bonds. The van der Waals surface area contributed by atoms with Crippen LogP contribution in [0.1, 0.15) is 37.8 Å². The van der Waals surface area contributed by atoms with Crippen LogP contribution >= 0.6 is 0 Å². The van der Waals surface area contributed by atoms with Crippen LogP contribution in [0.15, 0.2) is 12.1 Å². The number of benzene rings is 1. The monoisotopic (exact) mass is 274 g/mol. The molecule has 1 aliphatic rings. The molecule has 0 fully saturated rings. The molecule has 2 unspecified atom stereocenters. The summed E-state index contributed by atoms with van der Waals surface area (Å²) in [5, 5.41) is 12.2. The Morgan fingerprint density at radius 2 is 2.35 bits per heavy atom. The summed E-state index contributed by atoms with van der Waals surface area (Å²) in [4.78, 5) is 0. The second-order valence-electron chi connectivity index (χ2n) is 5.25. The molecule has 0 spiro atoms.